The maximum absolute atomic E-state index is 13.9. The second-order valence-electron chi connectivity index (χ2n) is 13.1. The van der Waals surface area contributed by atoms with Gasteiger partial charge in [-0.1, -0.05) is 43.2 Å². The molecule has 3 rings (SSSR count). The average Bonchev–Trinajstić information content (AvgIpc) is 3.52. The number of benzene rings is 1. The smallest absolute Gasteiger partial charge is 0.407 e. The SMILES string of the molecule is CC(C)(C)OC(=O)NCCCCC1NC(=O)C(CCCCCC(=O)NO)NC(=O)C2CCCN2C(=O)C(Cc2ccccc2)NC1=O. The molecule has 2 fully saturated rings. The maximum Gasteiger partial charge on any atom is 0.407 e. The predicted molar refractivity (Wildman–Crippen MR) is 172 cm³/mol. The number of fused-ring (bicyclic) bond motifs is 1. The second kappa shape index (κ2) is 18.2. The first-order valence-electron chi connectivity index (χ1n) is 16.5. The summed E-state index contributed by atoms with van der Waals surface area (Å²) in [6, 6.07) is 5.59. The topological polar surface area (TPSA) is 195 Å². The highest BCUT2D eigenvalue weighted by molar-refractivity contribution is 5.97. The van der Waals surface area contributed by atoms with E-state index in [-0.39, 0.29) is 31.6 Å². The van der Waals surface area contributed by atoms with Crippen LogP contribution in [0.15, 0.2) is 30.3 Å². The van der Waals surface area contributed by atoms with Gasteiger partial charge >= 0.3 is 6.09 Å². The number of nitrogens with zero attached hydrogens (tertiary/aromatic N) is 1. The standard InChI is InChI=1S/C33H50N6O8/c1-33(2,3)47-32(45)34-19-11-10-16-23-29(42)37-25(21-22-13-6-4-7-14-22)31(44)39-20-12-17-26(39)30(43)36-24(28(41)35-23)15-8-5-9-18-27(40)38-46/h4,6-7,13-14,23-26,46H,5,8-12,15-21H2,1-3H3,(H,34,45)(H,35,41)(H,36,43)(H,37,42)(H,38,40). The van der Waals surface area contributed by atoms with Crippen LogP contribution in [0.3, 0.4) is 0 Å². The van der Waals surface area contributed by atoms with Gasteiger partial charge in [0.05, 0.1) is 0 Å². The van der Waals surface area contributed by atoms with Gasteiger partial charge in [0, 0.05) is 25.9 Å². The van der Waals surface area contributed by atoms with Crippen LogP contribution in [0.5, 0.6) is 0 Å². The van der Waals surface area contributed by atoms with Gasteiger partial charge in [-0.2, -0.15) is 0 Å². The van der Waals surface area contributed by atoms with Gasteiger partial charge in [0.1, 0.15) is 29.8 Å². The number of amides is 6. The molecule has 260 valence electrons. The number of rotatable bonds is 13. The van der Waals surface area contributed by atoms with Gasteiger partial charge in [0.15, 0.2) is 0 Å². The molecule has 4 atom stereocenters. The summed E-state index contributed by atoms with van der Waals surface area (Å²) in [7, 11) is 0. The summed E-state index contributed by atoms with van der Waals surface area (Å²) in [5.41, 5.74) is 1.79. The Hall–Kier alpha value is -4.20. The molecular formula is C33H50N6O8. The summed E-state index contributed by atoms with van der Waals surface area (Å²) in [6.07, 6.45) is 3.82. The van der Waals surface area contributed by atoms with E-state index in [1.165, 1.54) is 4.90 Å². The third-order valence-electron chi connectivity index (χ3n) is 8.11. The fourth-order valence-corrected chi connectivity index (χ4v) is 5.75. The molecule has 0 aliphatic carbocycles. The largest absolute Gasteiger partial charge is 0.444 e. The first-order chi connectivity index (χ1) is 22.4. The number of ether oxygens (including phenoxy) is 1. The molecule has 1 aromatic carbocycles. The van der Waals surface area contributed by atoms with Gasteiger partial charge in [-0.15, -0.1) is 0 Å². The van der Waals surface area contributed by atoms with Crippen LogP contribution in [0.2, 0.25) is 0 Å². The number of unbranched alkanes of at least 4 members (excludes halogenated alkanes) is 3. The van der Waals surface area contributed by atoms with Gasteiger partial charge in [-0.05, 0) is 71.3 Å². The molecule has 6 N–H and O–H groups in total. The van der Waals surface area contributed by atoms with Crippen molar-refractivity contribution in [2.75, 3.05) is 13.1 Å². The lowest BCUT2D eigenvalue weighted by Gasteiger charge is -2.32. The van der Waals surface area contributed by atoms with E-state index in [1.54, 1.807) is 26.3 Å². The van der Waals surface area contributed by atoms with Crippen LogP contribution < -0.4 is 26.7 Å². The van der Waals surface area contributed by atoms with Crippen molar-refractivity contribution >= 4 is 35.6 Å². The molecule has 0 aromatic heterocycles. The van der Waals surface area contributed by atoms with Crippen molar-refractivity contribution in [2.45, 2.75) is 121 Å². The minimum atomic E-state index is -1.00. The van der Waals surface area contributed by atoms with Crippen LogP contribution in [-0.4, -0.2) is 88.6 Å². The Morgan fingerprint density at radius 1 is 0.872 bits per heavy atom. The zero-order valence-corrected chi connectivity index (χ0v) is 27.6. The predicted octanol–water partition coefficient (Wildman–Crippen LogP) is 1.84. The Bertz CT molecular complexity index is 1240. The molecule has 0 saturated carbocycles. The number of hydroxylamine groups is 1. The number of carbonyl (C=O) groups is 6. The second-order valence-corrected chi connectivity index (χ2v) is 13.1. The Balaban J connectivity index is 1.77. The molecule has 2 saturated heterocycles. The normalized spacial score (nSPS) is 22.2. The Kier molecular flexibility index (Phi) is 14.4. The van der Waals surface area contributed by atoms with E-state index in [0.29, 0.717) is 58.0 Å². The van der Waals surface area contributed by atoms with Crippen LogP contribution >= 0.6 is 0 Å². The lowest BCUT2D eigenvalue weighted by Crippen LogP contribution is -2.61. The van der Waals surface area contributed by atoms with Gasteiger partial charge in [0.25, 0.3) is 0 Å². The van der Waals surface area contributed by atoms with E-state index < -0.39 is 59.5 Å². The highest BCUT2D eigenvalue weighted by atomic mass is 16.6. The van der Waals surface area contributed by atoms with Crippen molar-refractivity contribution in [1.29, 1.82) is 0 Å². The third kappa shape index (κ3) is 12.5. The van der Waals surface area contributed by atoms with Crippen LogP contribution in [0.4, 0.5) is 4.79 Å². The molecule has 0 bridgehead atoms. The summed E-state index contributed by atoms with van der Waals surface area (Å²) in [5.74, 6) is -2.32. The van der Waals surface area contributed by atoms with Crippen molar-refractivity contribution in [3.05, 3.63) is 35.9 Å². The van der Waals surface area contributed by atoms with Crippen LogP contribution in [0, 0.1) is 0 Å². The number of alkyl carbamates (subject to hydrolysis) is 1. The molecule has 14 nitrogen and oxygen atoms in total. The molecule has 0 radical (unpaired) electrons. The fraction of sp³-hybridized carbons (Fsp3) is 0.636. The van der Waals surface area contributed by atoms with Gasteiger partial charge < -0.3 is 30.9 Å². The number of hydrogen-bond donors (Lipinski definition) is 6. The molecule has 6 amide bonds. The molecule has 2 heterocycles. The molecule has 4 unspecified atom stereocenters. The minimum Gasteiger partial charge on any atom is -0.444 e. The zero-order chi connectivity index (χ0) is 34.4. The molecule has 2 aliphatic rings. The molecule has 14 heteroatoms. The Morgan fingerprint density at radius 3 is 2.13 bits per heavy atom. The monoisotopic (exact) mass is 658 g/mol. The number of carbonyl (C=O) groups excluding carboxylic acids is 6. The summed E-state index contributed by atoms with van der Waals surface area (Å²) in [4.78, 5) is 79.7. The molecular weight excluding hydrogens is 608 g/mol. The number of nitrogens with one attached hydrogen (secondary N) is 5. The van der Waals surface area contributed by atoms with Gasteiger partial charge in [-0.3, -0.25) is 29.2 Å². The van der Waals surface area contributed by atoms with Gasteiger partial charge in [0.2, 0.25) is 29.5 Å². The van der Waals surface area contributed by atoms with Crippen LogP contribution in [-0.2, 0) is 35.1 Å². The molecule has 2 aliphatic heterocycles. The van der Waals surface area contributed by atoms with Crippen molar-refractivity contribution in [3.63, 3.8) is 0 Å². The number of hydrogen-bond acceptors (Lipinski definition) is 8. The van der Waals surface area contributed by atoms with E-state index in [1.807, 2.05) is 30.3 Å². The third-order valence-corrected chi connectivity index (χ3v) is 8.11. The lowest BCUT2D eigenvalue weighted by atomic mass is 10.0. The Morgan fingerprint density at radius 2 is 1.49 bits per heavy atom. The summed E-state index contributed by atoms with van der Waals surface area (Å²) >= 11 is 0. The van der Waals surface area contributed by atoms with Crippen LogP contribution in [0.1, 0.15) is 90.5 Å². The zero-order valence-electron chi connectivity index (χ0n) is 27.6. The maximum atomic E-state index is 13.9. The Labute approximate surface area is 276 Å². The van der Waals surface area contributed by atoms with E-state index in [0.717, 1.165) is 5.56 Å². The average molecular weight is 659 g/mol. The van der Waals surface area contributed by atoms with Crippen molar-refractivity contribution in [2.24, 2.45) is 0 Å². The first-order valence-corrected chi connectivity index (χ1v) is 16.5. The summed E-state index contributed by atoms with van der Waals surface area (Å²) in [6.45, 7) is 5.96. The highest BCUT2D eigenvalue weighted by Gasteiger charge is 2.40. The molecule has 1 aromatic rings. The van der Waals surface area contributed by atoms with Crippen molar-refractivity contribution in [3.8, 4) is 0 Å². The van der Waals surface area contributed by atoms with Crippen LogP contribution in [0.25, 0.3) is 0 Å². The van der Waals surface area contributed by atoms with E-state index in [4.69, 9.17) is 9.94 Å². The van der Waals surface area contributed by atoms with E-state index in [9.17, 15) is 28.8 Å². The van der Waals surface area contributed by atoms with E-state index in [2.05, 4.69) is 21.3 Å². The minimum absolute atomic E-state index is 0.119. The van der Waals surface area contributed by atoms with Crippen molar-refractivity contribution in [1.82, 2.24) is 31.6 Å². The van der Waals surface area contributed by atoms with E-state index >= 15 is 0 Å². The first kappa shape index (κ1) is 37.3. The summed E-state index contributed by atoms with van der Waals surface area (Å²) < 4.78 is 5.26. The highest BCUT2D eigenvalue weighted by Crippen LogP contribution is 2.21. The quantitative estimate of drug-likeness (QED) is 0.105. The summed E-state index contributed by atoms with van der Waals surface area (Å²) in [5, 5.41) is 19.9. The lowest BCUT2D eigenvalue weighted by molar-refractivity contribution is -0.143. The molecule has 47 heavy (non-hydrogen) atoms. The molecule has 0 spiro atoms. The fourth-order valence-electron chi connectivity index (χ4n) is 5.75. The van der Waals surface area contributed by atoms with Gasteiger partial charge in [-0.25, -0.2) is 10.3 Å². The van der Waals surface area contributed by atoms with Crippen molar-refractivity contribution < 1.29 is 38.7 Å².